The highest BCUT2D eigenvalue weighted by molar-refractivity contribution is 7.08. The van der Waals surface area contributed by atoms with Gasteiger partial charge in [-0.25, -0.2) is 0 Å². The summed E-state index contributed by atoms with van der Waals surface area (Å²) in [5.74, 6) is 0.848. The number of amides is 1. The van der Waals surface area contributed by atoms with Gasteiger partial charge in [-0.05, 0) is 29.6 Å². The summed E-state index contributed by atoms with van der Waals surface area (Å²) in [5.41, 5.74) is 1.39. The molecule has 3 rings (SSSR count). The van der Waals surface area contributed by atoms with Crippen molar-refractivity contribution in [3.8, 4) is 11.8 Å². The highest BCUT2D eigenvalue weighted by Gasteiger charge is 2.22. The molecule has 0 atom stereocenters. The summed E-state index contributed by atoms with van der Waals surface area (Å²) in [4.78, 5) is 16.5. The van der Waals surface area contributed by atoms with E-state index in [1.54, 1.807) is 23.5 Å². The number of piperazine rings is 1. The second kappa shape index (κ2) is 7.95. The molecule has 1 aliphatic rings. The number of benzene rings is 1. The normalized spacial score (nSPS) is 15.0. The maximum absolute atomic E-state index is 12.3. The molecule has 0 saturated carbocycles. The molecule has 0 radical (unpaired) electrons. The lowest BCUT2D eigenvalue weighted by Gasteiger charge is -2.34. The van der Waals surface area contributed by atoms with Gasteiger partial charge >= 0.3 is 0 Å². The van der Waals surface area contributed by atoms with Gasteiger partial charge in [0.05, 0.1) is 17.2 Å². The van der Waals surface area contributed by atoms with Crippen molar-refractivity contribution in [2.45, 2.75) is 0 Å². The molecule has 124 valence electrons. The first-order valence-corrected chi connectivity index (χ1v) is 8.87. The molecule has 0 spiro atoms. The summed E-state index contributed by atoms with van der Waals surface area (Å²) < 4.78 is 5.71. The summed E-state index contributed by atoms with van der Waals surface area (Å²) in [6.45, 7) is 4.61. The molecule has 2 aromatic rings. The second-order valence-corrected chi connectivity index (χ2v) is 6.41. The van der Waals surface area contributed by atoms with Crippen molar-refractivity contribution in [3.63, 3.8) is 0 Å². The fourth-order valence-electron chi connectivity index (χ4n) is 2.69. The molecule has 24 heavy (non-hydrogen) atoms. The average Bonchev–Trinajstić information content (AvgIpc) is 3.16. The first-order chi connectivity index (χ1) is 11.8. The first kappa shape index (κ1) is 16.5. The van der Waals surface area contributed by atoms with Crippen molar-refractivity contribution in [1.82, 2.24) is 9.80 Å². The summed E-state index contributed by atoms with van der Waals surface area (Å²) >= 11 is 1.55. The van der Waals surface area contributed by atoms with Crippen LogP contribution in [0.25, 0.3) is 0 Å². The van der Waals surface area contributed by atoms with Gasteiger partial charge in [0.1, 0.15) is 12.4 Å². The molecule has 1 aliphatic heterocycles. The zero-order valence-electron chi connectivity index (χ0n) is 13.4. The number of carbonyl (C=O) groups is 1. The molecule has 1 amide bonds. The molecule has 1 aromatic heterocycles. The van der Waals surface area contributed by atoms with E-state index in [9.17, 15) is 4.79 Å². The van der Waals surface area contributed by atoms with Gasteiger partial charge in [-0.15, -0.1) is 0 Å². The van der Waals surface area contributed by atoms with Crippen LogP contribution in [-0.2, 0) is 0 Å². The van der Waals surface area contributed by atoms with E-state index >= 15 is 0 Å². The van der Waals surface area contributed by atoms with E-state index in [4.69, 9.17) is 10.00 Å². The smallest absolute Gasteiger partial charge is 0.254 e. The summed E-state index contributed by atoms with van der Waals surface area (Å²) in [6, 6.07) is 11.2. The number of rotatable bonds is 5. The third kappa shape index (κ3) is 4.13. The van der Waals surface area contributed by atoms with Crippen LogP contribution < -0.4 is 4.74 Å². The SMILES string of the molecule is N#Cc1cccc(OCCN2CCN(C(=O)c3ccsc3)CC2)c1. The fourth-order valence-corrected chi connectivity index (χ4v) is 3.32. The molecule has 0 N–H and O–H groups in total. The first-order valence-electron chi connectivity index (χ1n) is 7.93. The van der Waals surface area contributed by atoms with Crippen molar-refractivity contribution >= 4 is 17.2 Å². The molecule has 0 bridgehead atoms. The second-order valence-electron chi connectivity index (χ2n) is 5.63. The number of hydrogen-bond donors (Lipinski definition) is 0. The lowest BCUT2D eigenvalue weighted by molar-refractivity contribution is 0.0621. The van der Waals surface area contributed by atoms with E-state index in [-0.39, 0.29) is 5.91 Å². The van der Waals surface area contributed by atoms with Gasteiger partial charge in [-0.3, -0.25) is 9.69 Å². The van der Waals surface area contributed by atoms with Crippen LogP contribution in [0.1, 0.15) is 15.9 Å². The molecule has 2 heterocycles. The number of thiophene rings is 1. The standard InChI is InChI=1S/C18H19N3O2S/c19-13-15-2-1-3-17(12-15)23-10-9-20-5-7-21(8-6-20)18(22)16-4-11-24-14-16/h1-4,11-12,14H,5-10H2. The topological polar surface area (TPSA) is 56.6 Å². The number of nitrogens with zero attached hydrogens (tertiary/aromatic N) is 3. The minimum Gasteiger partial charge on any atom is -0.492 e. The van der Waals surface area contributed by atoms with Gasteiger partial charge in [0, 0.05) is 38.1 Å². The van der Waals surface area contributed by atoms with Gasteiger partial charge in [-0.1, -0.05) is 6.07 Å². The van der Waals surface area contributed by atoms with Gasteiger partial charge < -0.3 is 9.64 Å². The zero-order chi connectivity index (χ0) is 16.8. The third-order valence-electron chi connectivity index (χ3n) is 4.07. The highest BCUT2D eigenvalue weighted by Crippen LogP contribution is 2.14. The maximum Gasteiger partial charge on any atom is 0.254 e. The molecule has 0 aliphatic carbocycles. The van der Waals surface area contributed by atoms with Crippen LogP contribution in [0, 0.1) is 11.3 Å². The third-order valence-corrected chi connectivity index (χ3v) is 4.75. The Morgan fingerprint density at radius 2 is 2.08 bits per heavy atom. The van der Waals surface area contributed by atoms with Gasteiger partial charge in [0.15, 0.2) is 0 Å². The van der Waals surface area contributed by atoms with Gasteiger partial charge in [-0.2, -0.15) is 16.6 Å². The molecule has 1 aromatic carbocycles. The Bertz CT molecular complexity index is 716. The van der Waals surface area contributed by atoms with Crippen molar-refractivity contribution < 1.29 is 9.53 Å². The maximum atomic E-state index is 12.3. The van der Waals surface area contributed by atoms with Crippen molar-refractivity contribution in [2.24, 2.45) is 0 Å². The molecule has 6 heteroatoms. The van der Waals surface area contributed by atoms with E-state index in [1.807, 2.05) is 33.9 Å². The quantitative estimate of drug-likeness (QED) is 0.838. The van der Waals surface area contributed by atoms with Crippen molar-refractivity contribution in [3.05, 3.63) is 52.2 Å². The van der Waals surface area contributed by atoms with Crippen LogP contribution in [0.2, 0.25) is 0 Å². The van der Waals surface area contributed by atoms with Gasteiger partial charge in [0.25, 0.3) is 5.91 Å². The Balaban J connectivity index is 1.41. The Kier molecular flexibility index (Phi) is 5.47. The van der Waals surface area contributed by atoms with E-state index in [0.717, 1.165) is 44.0 Å². The van der Waals surface area contributed by atoms with Crippen LogP contribution in [0.5, 0.6) is 5.75 Å². The van der Waals surface area contributed by atoms with Crippen LogP contribution in [0.3, 0.4) is 0 Å². The highest BCUT2D eigenvalue weighted by atomic mass is 32.1. The van der Waals surface area contributed by atoms with Crippen molar-refractivity contribution in [2.75, 3.05) is 39.3 Å². The van der Waals surface area contributed by atoms with Crippen LogP contribution in [-0.4, -0.2) is 55.0 Å². The monoisotopic (exact) mass is 341 g/mol. The Labute approximate surface area is 145 Å². The van der Waals surface area contributed by atoms with Gasteiger partial charge in [0.2, 0.25) is 0 Å². The lowest BCUT2D eigenvalue weighted by Crippen LogP contribution is -2.49. The molecule has 1 saturated heterocycles. The number of nitriles is 1. The lowest BCUT2D eigenvalue weighted by atomic mass is 10.2. The predicted molar refractivity (Wildman–Crippen MR) is 93.3 cm³/mol. The average molecular weight is 341 g/mol. The van der Waals surface area contributed by atoms with E-state index in [1.165, 1.54) is 0 Å². The minimum atomic E-state index is 0.125. The predicted octanol–water partition coefficient (Wildman–Crippen LogP) is 2.46. The zero-order valence-corrected chi connectivity index (χ0v) is 14.2. The van der Waals surface area contributed by atoms with Crippen LogP contribution in [0.4, 0.5) is 0 Å². The van der Waals surface area contributed by atoms with Crippen LogP contribution in [0.15, 0.2) is 41.1 Å². The Morgan fingerprint density at radius 1 is 1.25 bits per heavy atom. The number of carbonyl (C=O) groups excluding carboxylic acids is 1. The summed E-state index contributed by atoms with van der Waals surface area (Å²) in [5, 5.41) is 12.7. The number of ether oxygens (including phenoxy) is 1. The Morgan fingerprint density at radius 3 is 2.79 bits per heavy atom. The van der Waals surface area contributed by atoms with E-state index < -0.39 is 0 Å². The summed E-state index contributed by atoms with van der Waals surface area (Å²) in [7, 11) is 0. The molecule has 1 fully saturated rings. The van der Waals surface area contributed by atoms with Crippen LogP contribution >= 0.6 is 11.3 Å². The molecule has 0 unspecified atom stereocenters. The molecule has 5 nitrogen and oxygen atoms in total. The molecular formula is C18H19N3O2S. The largest absolute Gasteiger partial charge is 0.492 e. The number of hydrogen-bond acceptors (Lipinski definition) is 5. The van der Waals surface area contributed by atoms with E-state index in [0.29, 0.717) is 12.2 Å². The van der Waals surface area contributed by atoms with E-state index in [2.05, 4.69) is 11.0 Å². The molecular weight excluding hydrogens is 322 g/mol. The minimum absolute atomic E-state index is 0.125. The Hall–Kier alpha value is -2.36. The fraction of sp³-hybridized carbons (Fsp3) is 0.333. The summed E-state index contributed by atoms with van der Waals surface area (Å²) in [6.07, 6.45) is 0. The van der Waals surface area contributed by atoms with Crippen molar-refractivity contribution in [1.29, 1.82) is 5.26 Å².